The molecule has 10 heteroatoms. The Morgan fingerprint density at radius 1 is 1.30 bits per heavy atom. The van der Waals surface area contributed by atoms with E-state index in [0.29, 0.717) is 11.2 Å². The smallest absolute Gasteiger partial charge is 0.267 e. The highest BCUT2D eigenvalue weighted by atomic mass is 16.6. The quantitative estimate of drug-likeness (QED) is 0.555. The Labute approximate surface area is 153 Å². The van der Waals surface area contributed by atoms with Gasteiger partial charge >= 0.3 is 0 Å². The highest BCUT2D eigenvalue weighted by Crippen LogP contribution is 2.20. The van der Waals surface area contributed by atoms with Gasteiger partial charge in [-0.15, -0.1) is 0 Å². The summed E-state index contributed by atoms with van der Waals surface area (Å²) in [7, 11) is 0. The van der Waals surface area contributed by atoms with Gasteiger partial charge in [-0.25, -0.2) is 14.3 Å². The molecule has 0 unspecified atom stereocenters. The van der Waals surface area contributed by atoms with Crippen LogP contribution in [0.25, 0.3) is 11.0 Å². The molecule has 0 bridgehead atoms. The lowest BCUT2D eigenvalue weighted by atomic mass is 10.1. The van der Waals surface area contributed by atoms with Crippen molar-refractivity contribution in [3.63, 3.8) is 0 Å². The summed E-state index contributed by atoms with van der Waals surface area (Å²) < 4.78 is 2.56. The number of fused-ring (bicyclic) bond motifs is 1. The van der Waals surface area contributed by atoms with Crippen LogP contribution in [0.3, 0.4) is 0 Å². The number of nitro groups is 1. The van der Waals surface area contributed by atoms with Crippen LogP contribution in [0.15, 0.2) is 35.5 Å². The van der Waals surface area contributed by atoms with E-state index in [0.717, 1.165) is 4.68 Å². The second kappa shape index (κ2) is 6.31. The van der Waals surface area contributed by atoms with Crippen LogP contribution in [0.1, 0.15) is 36.7 Å². The van der Waals surface area contributed by atoms with Crippen LogP contribution in [0.5, 0.6) is 0 Å². The molecule has 2 aromatic heterocycles. The maximum atomic E-state index is 12.6. The third kappa shape index (κ3) is 3.28. The number of carbonyl (C=O) groups excluding carboxylic acids is 1. The van der Waals surface area contributed by atoms with Crippen LogP contribution >= 0.6 is 0 Å². The van der Waals surface area contributed by atoms with Gasteiger partial charge in [-0.2, -0.15) is 5.10 Å². The zero-order valence-electron chi connectivity index (χ0n) is 15.3. The molecule has 0 aliphatic heterocycles. The molecule has 0 saturated heterocycles. The predicted octanol–water partition coefficient (Wildman–Crippen LogP) is 1.95. The fourth-order valence-corrected chi connectivity index (χ4v) is 2.60. The number of nitrogens with one attached hydrogen (secondary N) is 1. The zero-order chi connectivity index (χ0) is 19.9. The van der Waals surface area contributed by atoms with Gasteiger partial charge in [0.15, 0.2) is 5.65 Å². The second-order valence-electron chi connectivity index (χ2n) is 7.08. The summed E-state index contributed by atoms with van der Waals surface area (Å²) in [5.74, 6) is -0.662. The van der Waals surface area contributed by atoms with E-state index in [9.17, 15) is 19.7 Å². The summed E-state index contributed by atoms with van der Waals surface area (Å²) in [5.41, 5.74) is 2.27. The Morgan fingerprint density at radius 2 is 2.00 bits per heavy atom. The van der Waals surface area contributed by atoms with Crippen LogP contribution in [0.4, 0.5) is 5.69 Å². The molecular weight excluding hydrogens is 352 g/mol. The van der Waals surface area contributed by atoms with Gasteiger partial charge in [-0.3, -0.25) is 25.1 Å². The van der Waals surface area contributed by atoms with Crippen molar-refractivity contribution in [3.05, 3.63) is 62.3 Å². The van der Waals surface area contributed by atoms with Crippen molar-refractivity contribution in [1.29, 1.82) is 0 Å². The van der Waals surface area contributed by atoms with E-state index in [1.807, 2.05) is 20.8 Å². The molecule has 27 heavy (non-hydrogen) atoms. The normalized spacial score (nSPS) is 11.6. The number of nitro benzene ring substituents is 1. The summed E-state index contributed by atoms with van der Waals surface area (Å²) >= 11 is 0. The molecular formula is C17H18N6O4. The summed E-state index contributed by atoms with van der Waals surface area (Å²) in [5, 5.41) is 15.5. The number of aromatic nitrogens is 4. The molecule has 3 aromatic rings. The van der Waals surface area contributed by atoms with Gasteiger partial charge < -0.3 is 0 Å². The molecule has 3 rings (SSSR count). The average molecular weight is 370 g/mol. The summed E-state index contributed by atoms with van der Waals surface area (Å²) in [6.07, 6.45) is 2.59. The Kier molecular flexibility index (Phi) is 4.26. The third-order valence-corrected chi connectivity index (χ3v) is 4.01. The molecule has 0 atom stereocenters. The number of hydrogen-bond acceptors (Lipinski definition) is 6. The van der Waals surface area contributed by atoms with Crippen LogP contribution in [0.2, 0.25) is 0 Å². The molecule has 140 valence electrons. The predicted molar refractivity (Wildman–Crippen MR) is 98.3 cm³/mol. The van der Waals surface area contributed by atoms with Crippen LogP contribution in [-0.2, 0) is 5.54 Å². The lowest BCUT2D eigenvalue weighted by Gasteiger charge is -2.19. The SMILES string of the molecule is Cc1ccc(C(=O)Nn2cnc3c(cnn3C(C)(C)C)c2=O)cc1[N+](=O)[O-]. The average Bonchev–Trinajstić information content (AvgIpc) is 3.02. The topological polar surface area (TPSA) is 125 Å². The minimum absolute atomic E-state index is 0.0599. The maximum absolute atomic E-state index is 12.6. The molecule has 2 heterocycles. The van der Waals surface area contributed by atoms with Crippen molar-refractivity contribution >= 4 is 22.6 Å². The van der Waals surface area contributed by atoms with E-state index in [1.54, 1.807) is 11.6 Å². The number of carbonyl (C=O) groups is 1. The fourth-order valence-electron chi connectivity index (χ4n) is 2.60. The number of benzene rings is 1. The molecule has 0 radical (unpaired) electrons. The number of hydrogen-bond donors (Lipinski definition) is 1. The number of nitrogens with zero attached hydrogens (tertiary/aromatic N) is 5. The van der Waals surface area contributed by atoms with Crippen molar-refractivity contribution in [3.8, 4) is 0 Å². The van der Waals surface area contributed by atoms with E-state index in [-0.39, 0.29) is 22.2 Å². The van der Waals surface area contributed by atoms with E-state index < -0.39 is 16.4 Å². The Morgan fingerprint density at radius 3 is 2.63 bits per heavy atom. The Balaban J connectivity index is 1.97. The monoisotopic (exact) mass is 370 g/mol. The first kappa shape index (κ1) is 18.2. The molecule has 1 aromatic carbocycles. The van der Waals surface area contributed by atoms with Crippen LogP contribution < -0.4 is 11.0 Å². The minimum atomic E-state index is -0.662. The first-order valence-corrected chi connectivity index (χ1v) is 8.12. The van der Waals surface area contributed by atoms with Crippen molar-refractivity contribution < 1.29 is 9.72 Å². The van der Waals surface area contributed by atoms with Gasteiger partial charge in [0.2, 0.25) is 0 Å². The van der Waals surface area contributed by atoms with Gasteiger partial charge in [0.05, 0.1) is 16.7 Å². The lowest BCUT2D eigenvalue weighted by molar-refractivity contribution is -0.385. The summed E-state index contributed by atoms with van der Waals surface area (Å²) in [6.45, 7) is 7.37. The minimum Gasteiger partial charge on any atom is -0.267 e. The lowest BCUT2D eigenvalue weighted by Crippen LogP contribution is -2.33. The second-order valence-corrected chi connectivity index (χ2v) is 7.08. The maximum Gasteiger partial charge on any atom is 0.283 e. The highest BCUT2D eigenvalue weighted by Gasteiger charge is 2.21. The van der Waals surface area contributed by atoms with Gasteiger partial charge in [0.25, 0.3) is 17.2 Å². The van der Waals surface area contributed by atoms with Gasteiger partial charge in [-0.05, 0) is 33.8 Å². The number of amides is 1. The molecule has 0 fully saturated rings. The molecule has 1 amide bonds. The molecule has 0 spiro atoms. The van der Waals surface area contributed by atoms with E-state index in [2.05, 4.69) is 15.5 Å². The van der Waals surface area contributed by atoms with Crippen LogP contribution in [0, 0.1) is 17.0 Å². The van der Waals surface area contributed by atoms with Crippen molar-refractivity contribution in [1.82, 2.24) is 19.4 Å². The van der Waals surface area contributed by atoms with E-state index in [1.165, 1.54) is 30.7 Å². The number of rotatable bonds is 3. The molecule has 0 aliphatic rings. The van der Waals surface area contributed by atoms with Crippen LogP contribution in [-0.4, -0.2) is 30.3 Å². The molecule has 10 nitrogen and oxygen atoms in total. The van der Waals surface area contributed by atoms with Crippen molar-refractivity contribution in [2.75, 3.05) is 5.43 Å². The zero-order valence-corrected chi connectivity index (χ0v) is 15.3. The Bertz CT molecular complexity index is 1120. The summed E-state index contributed by atoms with van der Waals surface area (Å²) in [4.78, 5) is 39.7. The number of aryl methyl sites for hydroxylation is 1. The first-order chi connectivity index (χ1) is 12.6. The molecule has 1 N–H and O–H groups in total. The summed E-state index contributed by atoms with van der Waals surface area (Å²) in [6, 6.07) is 4.09. The first-order valence-electron chi connectivity index (χ1n) is 8.12. The van der Waals surface area contributed by atoms with E-state index >= 15 is 0 Å². The van der Waals surface area contributed by atoms with Gasteiger partial charge in [-0.1, -0.05) is 6.07 Å². The van der Waals surface area contributed by atoms with Crippen molar-refractivity contribution in [2.24, 2.45) is 0 Å². The highest BCUT2D eigenvalue weighted by molar-refractivity contribution is 6.00. The van der Waals surface area contributed by atoms with Gasteiger partial charge in [0, 0.05) is 17.2 Å². The fraction of sp³-hybridized carbons (Fsp3) is 0.294. The van der Waals surface area contributed by atoms with Gasteiger partial charge in [0.1, 0.15) is 11.7 Å². The molecule has 0 saturated carbocycles. The molecule has 0 aliphatic carbocycles. The Hall–Kier alpha value is -3.56. The third-order valence-electron chi connectivity index (χ3n) is 4.01. The standard InChI is InChI=1S/C17H18N6O4/c1-10-5-6-11(7-13(10)23(26)27)15(24)20-21-9-18-14-12(16(21)25)8-19-22(14)17(2,3)4/h5-9H,1-4H3,(H,20,24). The largest absolute Gasteiger partial charge is 0.283 e. The van der Waals surface area contributed by atoms with E-state index in [4.69, 9.17) is 0 Å². The van der Waals surface area contributed by atoms with Crippen molar-refractivity contribution in [2.45, 2.75) is 33.2 Å².